The molecule has 0 atom stereocenters. The number of carbonyl (C=O) groups excluding carboxylic acids is 1. The highest BCUT2D eigenvalue weighted by Gasteiger charge is 2.13. The first-order valence-corrected chi connectivity index (χ1v) is 12.3. The zero-order valence-corrected chi connectivity index (χ0v) is 21.1. The number of carbonyl (C=O) groups is 1. The Morgan fingerprint density at radius 3 is 2.59 bits per heavy atom. The Labute approximate surface area is 221 Å². The molecule has 1 heterocycles. The molecule has 4 rings (SSSR count). The number of hydrogen-bond acceptors (Lipinski definition) is 8. The monoisotopic (exact) mass is 536 g/mol. The van der Waals surface area contributed by atoms with Gasteiger partial charge in [-0.15, -0.1) is 10.2 Å². The minimum absolute atomic E-state index is 0.0198. The first kappa shape index (κ1) is 25.9. The van der Waals surface area contributed by atoms with Crippen LogP contribution in [0.2, 0.25) is 5.02 Å². The van der Waals surface area contributed by atoms with Crippen LogP contribution in [0.15, 0.2) is 83.1 Å². The maximum absolute atomic E-state index is 12.3. The number of ether oxygens (including phenoxy) is 1. The van der Waals surface area contributed by atoms with Gasteiger partial charge in [-0.05, 0) is 54.1 Å². The Bertz CT molecular complexity index is 1420. The molecule has 0 spiro atoms. The molecule has 1 N–H and O–H groups in total. The molecule has 1 aromatic heterocycles. The van der Waals surface area contributed by atoms with Crippen LogP contribution in [-0.2, 0) is 18.4 Å². The molecule has 0 saturated heterocycles. The Morgan fingerprint density at radius 1 is 1.14 bits per heavy atom. The van der Waals surface area contributed by atoms with E-state index in [0.29, 0.717) is 27.3 Å². The molecule has 0 radical (unpaired) electrons. The molecule has 0 saturated carbocycles. The van der Waals surface area contributed by atoms with E-state index in [1.165, 1.54) is 30.1 Å². The maximum atomic E-state index is 12.3. The number of aromatic nitrogens is 3. The van der Waals surface area contributed by atoms with Crippen molar-refractivity contribution in [1.29, 1.82) is 0 Å². The second-order valence-electron chi connectivity index (χ2n) is 7.70. The van der Waals surface area contributed by atoms with Crippen molar-refractivity contribution >= 4 is 41.2 Å². The SMILES string of the molecule is Cn1c(SCC(=O)N/N=C\c2ccccc2OCc2ccc([N+](=O)[O-])cc2)nnc1-c1ccc(Cl)cc1. The van der Waals surface area contributed by atoms with Crippen LogP contribution in [-0.4, -0.2) is 37.6 Å². The first-order valence-electron chi connectivity index (χ1n) is 11.0. The number of benzene rings is 3. The van der Waals surface area contributed by atoms with Gasteiger partial charge in [0.25, 0.3) is 11.6 Å². The molecular weight excluding hydrogens is 516 g/mol. The molecule has 0 bridgehead atoms. The van der Waals surface area contributed by atoms with Crippen molar-refractivity contribution < 1.29 is 14.5 Å². The summed E-state index contributed by atoms with van der Waals surface area (Å²) in [5.41, 5.74) is 4.84. The van der Waals surface area contributed by atoms with E-state index in [9.17, 15) is 14.9 Å². The highest BCUT2D eigenvalue weighted by atomic mass is 35.5. The van der Waals surface area contributed by atoms with Crippen molar-refractivity contribution in [2.24, 2.45) is 12.1 Å². The molecule has 37 heavy (non-hydrogen) atoms. The number of nitro groups is 1. The number of para-hydroxylation sites is 1. The Morgan fingerprint density at radius 2 is 1.86 bits per heavy atom. The Kier molecular flexibility index (Phi) is 8.49. The van der Waals surface area contributed by atoms with Gasteiger partial charge in [0.1, 0.15) is 12.4 Å². The predicted molar refractivity (Wildman–Crippen MR) is 142 cm³/mol. The second-order valence-corrected chi connectivity index (χ2v) is 9.08. The fourth-order valence-corrected chi connectivity index (χ4v) is 4.05. The number of halogens is 1. The summed E-state index contributed by atoms with van der Waals surface area (Å²) in [6.45, 7) is 0.224. The summed E-state index contributed by atoms with van der Waals surface area (Å²) in [6, 6.07) is 20.6. The minimum atomic E-state index is -0.449. The maximum Gasteiger partial charge on any atom is 0.269 e. The van der Waals surface area contributed by atoms with Gasteiger partial charge >= 0.3 is 0 Å². The first-order chi connectivity index (χ1) is 17.9. The van der Waals surface area contributed by atoms with E-state index in [-0.39, 0.29) is 24.0 Å². The van der Waals surface area contributed by atoms with E-state index in [0.717, 1.165) is 11.1 Å². The van der Waals surface area contributed by atoms with Crippen molar-refractivity contribution in [3.05, 3.63) is 99.1 Å². The van der Waals surface area contributed by atoms with Crippen LogP contribution in [0.3, 0.4) is 0 Å². The smallest absolute Gasteiger partial charge is 0.269 e. The van der Waals surface area contributed by atoms with Gasteiger partial charge < -0.3 is 9.30 Å². The molecule has 3 aromatic carbocycles. The fourth-order valence-electron chi connectivity index (χ4n) is 3.22. The van der Waals surface area contributed by atoms with Crippen molar-refractivity contribution in [2.75, 3.05) is 5.75 Å². The molecular formula is C25H21ClN6O4S. The third kappa shape index (κ3) is 6.93. The van der Waals surface area contributed by atoms with Crippen molar-refractivity contribution in [2.45, 2.75) is 11.8 Å². The van der Waals surface area contributed by atoms with Gasteiger partial charge in [0, 0.05) is 35.3 Å². The summed E-state index contributed by atoms with van der Waals surface area (Å²) in [6.07, 6.45) is 1.49. The van der Waals surface area contributed by atoms with Gasteiger partial charge in [0.05, 0.1) is 16.9 Å². The minimum Gasteiger partial charge on any atom is -0.488 e. The number of rotatable bonds is 10. The number of hydrogen-bond donors (Lipinski definition) is 1. The van der Waals surface area contributed by atoms with Crippen molar-refractivity contribution in [1.82, 2.24) is 20.2 Å². The van der Waals surface area contributed by atoms with E-state index < -0.39 is 4.92 Å². The third-order valence-electron chi connectivity index (χ3n) is 5.12. The van der Waals surface area contributed by atoms with Crippen molar-refractivity contribution in [3.63, 3.8) is 0 Å². The normalized spacial score (nSPS) is 11.0. The van der Waals surface area contributed by atoms with Crippen LogP contribution in [0.4, 0.5) is 5.69 Å². The predicted octanol–water partition coefficient (Wildman–Crippen LogP) is 4.87. The lowest BCUT2D eigenvalue weighted by atomic mass is 10.2. The molecule has 188 valence electrons. The molecule has 0 aliphatic rings. The molecule has 0 aliphatic heterocycles. The van der Waals surface area contributed by atoms with Crippen LogP contribution >= 0.6 is 23.4 Å². The zero-order valence-electron chi connectivity index (χ0n) is 19.6. The van der Waals surface area contributed by atoms with Crippen LogP contribution in [0.5, 0.6) is 5.75 Å². The van der Waals surface area contributed by atoms with Gasteiger partial charge in [0.2, 0.25) is 0 Å². The lowest BCUT2D eigenvalue weighted by Gasteiger charge is -2.09. The average Bonchev–Trinajstić information content (AvgIpc) is 3.27. The molecule has 10 nitrogen and oxygen atoms in total. The van der Waals surface area contributed by atoms with Crippen LogP contribution in [0.25, 0.3) is 11.4 Å². The average molecular weight is 537 g/mol. The van der Waals surface area contributed by atoms with E-state index in [4.69, 9.17) is 16.3 Å². The Hall–Kier alpha value is -4.22. The molecule has 0 fully saturated rings. The molecule has 4 aromatic rings. The number of non-ortho nitro benzene ring substituents is 1. The number of thioether (sulfide) groups is 1. The van der Waals surface area contributed by atoms with Crippen LogP contribution in [0.1, 0.15) is 11.1 Å². The quantitative estimate of drug-likeness (QED) is 0.133. The standard InChI is InChI=1S/C25H21ClN6O4S/c1-31-24(18-8-10-20(26)11-9-18)29-30-25(31)37-16-23(33)28-27-14-19-4-2-3-5-22(19)36-15-17-6-12-21(13-7-17)32(34)35/h2-14H,15-16H2,1H3,(H,28,33)/b27-14-. The molecule has 0 unspecified atom stereocenters. The van der Waals surface area contributed by atoms with E-state index in [2.05, 4.69) is 20.7 Å². The largest absolute Gasteiger partial charge is 0.488 e. The number of nitro benzene ring substituents is 1. The topological polar surface area (TPSA) is 125 Å². The number of nitrogens with zero attached hydrogens (tertiary/aromatic N) is 5. The van der Waals surface area contributed by atoms with Gasteiger partial charge in [-0.1, -0.05) is 35.5 Å². The second kappa shape index (κ2) is 12.2. The zero-order chi connectivity index (χ0) is 26.2. The molecule has 12 heteroatoms. The van der Waals surface area contributed by atoms with Gasteiger partial charge in [-0.3, -0.25) is 14.9 Å². The van der Waals surface area contributed by atoms with Gasteiger partial charge in [-0.2, -0.15) is 5.10 Å². The lowest BCUT2D eigenvalue weighted by Crippen LogP contribution is -2.20. The summed E-state index contributed by atoms with van der Waals surface area (Å²) in [4.78, 5) is 22.7. The summed E-state index contributed by atoms with van der Waals surface area (Å²) < 4.78 is 7.65. The molecule has 1 amide bonds. The number of nitrogens with one attached hydrogen (secondary N) is 1. The van der Waals surface area contributed by atoms with Gasteiger partial charge in [-0.25, -0.2) is 5.43 Å². The molecule has 0 aliphatic carbocycles. The van der Waals surface area contributed by atoms with E-state index >= 15 is 0 Å². The fraction of sp³-hybridized carbons (Fsp3) is 0.120. The van der Waals surface area contributed by atoms with Crippen LogP contribution < -0.4 is 10.2 Å². The van der Waals surface area contributed by atoms with Crippen molar-refractivity contribution in [3.8, 4) is 17.1 Å². The summed E-state index contributed by atoms with van der Waals surface area (Å²) >= 11 is 7.19. The number of amides is 1. The van der Waals surface area contributed by atoms with Crippen LogP contribution in [0, 0.1) is 10.1 Å². The highest BCUT2D eigenvalue weighted by Crippen LogP contribution is 2.24. The highest BCUT2D eigenvalue weighted by molar-refractivity contribution is 7.99. The van der Waals surface area contributed by atoms with Gasteiger partial charge in [0.15, 0.2) is 11.0 Å². The van der Waals surface area contributed by atoms with E-state index in [1.54, 1.807) is 36.4 Å². The number of hydrazone groups is 1. The lowest BCUT2D eigenvalue weighted by molar-refractivity contribution is -0.384. The summed E-state index contributed by atoms with van der Waals surface area (Å²) in [5, 5.41) is 24.4. The summed E-state index contributed by atoms with van der Waals surface area (Å²) in [5.74, 6) is 1.02. The summed E-state index contributed by atoms with van der Waals surface area (Å²) in [7, 11) is 1.83. The Balaban J connectivity index is 1.30. The third-order valence-corrected chi connectivity index (χ3v) is 6.40. The van der Waals surface area contributed by atoms with E-state index in [1.807, 2.05) is 35.9 Å².